The average molecular weight is 362 g/mol. The topological polar surface area (TPSA) is 50.7 Å². The maximum absolute atomic E-state index is 13.7. The summed E-state index contributed by atoms with van der Waals surface area (Å²) in [6.07, 6.45) is 3.39. The molecular weight excluding hydrogens is 346 g/mol. The predicted octanol–water partition coefficient (Wildman–Crippen LogP) is 4.99. The van der Waals surface area contributed by atoms with Gasteiger partial charge in [-0.05, 0) is 53.9 Å². The van der Waals surface area contributed by atoms with E-state index in [0.29, 0.717) is 17.2 Å². The molecule has 0 saturated carbocycles. The molecule has 0 amide bonds. The number of aromatic nitrogens is 3. The zero-order chi connectivity index (χ0) is 19.0. The molecule has 2 aromatic heterocycles. The fourth-order valence-corrected chi connectivity index (χ4v) is 3.12. The van der Waals surface area contributed by atoms with E-state index in [0.717, 1.165) is 33.7 Å². The summed E-state index contributed by atoms with van der Waals surface area (Å²) >= 11 is 0. The Hall–Kier alpha value is -3.41. The van der Waals surface area contributed by atoms with Gasteiger partial charge >= 0.3 is 0 Å². The van der Waals surface area contributed by atoms with Crippen molar-refractivity contribution < 1.29 is 8.78 Å². The van der Waals surface area contributed by atoms with E-state index in [9.17, 15) is 8.78 Å². The second-order valence-corrected chi connectivity index (χ2v) is 6.15. The fraction of sp³-hybridized carbons (Fsp3) is 0.0952. The van der Waals surface area contributed by atoms with Crippen molar-refractivity contribution in [2.75, 3.05) is 12.4 Å². The fourth-order valence-electron chi connectivity index (χ4n) is 3.12. The van der Waals surface area contributed by atoms with E-state index in [1.165, 1.54) is 6.07 Å². The lowest BCUT2D eigenvalue weighted by Crippen LogP contribution is -2.01. The molecule has 0 aliphatic carbocycles. The number of benzene rings is 2. The Morgan fingerprint density at radius 2 is 1.78 bits per heavy atom. The van der Waals surface area contributed by atoms with E-state index < -0.39 is 11.6 Å². The Morgan fingerprint density at radius 1 is 0.926 bits per heavy atom. The van der Waals surface area contributed by atoms with Crippen LogP contribution in [0.5, 0.6) is 0 Å². The Morgan fingerprint density at radius 3 is 2.48 bits per heavy atom. The highest BCUT2D eigenvalue weighted by atomic mass is 19.2. The van der Waals surface area contributed by atoms with Crippen LogP contribution in [0, 0.1) is 18.6 Å². The Balaban J connectivity index is 1.97. The molecule has 2 aromatic carbocycles. The van der Waals surface area contributed by atoms with Crippen molar-refractivity contribution >= 4 is 16.7 Å². The first kappa shape index (κ1) is 17.0. The summed E-state index contributed by atoms with van der Waals surface area (Å²) in [4.78, 5) is 13.4. The largest absolute Gasteiger partial charge is 0.373 e. The van der Waals surface area contributed by atoms with Gasteiger partial charge in [-0.3, -0.25) is 4.98 Å². The van der Waals surface area contributed by atoms with Crippen molar-refractivity contribution in [3.63, 3.8) is 0 Å². The first-order valence-corrected chi connectivity index (χ1v) is 8.43. The minimum absolute atomic E-state index is 0.547. The van der Waals surface area contributed by atoms with Gasteiger partial charge in [-0.2, -0.15) is 0 Å². The van der Waals surface area contributed by atoms with Gasteiger partial charge in [-0.15, -0.1) is 0 Å². The molecule has 134 valence electrons. The second-order valence-electron chi connectivity index (χ2n) is 6.15. The van der Waals surface area contributed by atoms with Crippen LogP contribution in [0.15, 0.2) is 54.9 Å². The van der Waals surface area contributed by atoms with Gasteiger partial charge in [0, 0.05) is 30.4 Å². The van der Waals surface area contributed by atoms with Crippen LogP contribution in [-0.4, -0.2) is 22.0 Å². The molecule has 27 heavy (non-hydrogen) atoms. The van der Waals surface area contributed by atoms with Gasteiger partial charge in [-0.25, -0.2) is 18.7 Å². The zero-order valence-corrected chi connectivity index (χ0v) is 14.8. The second kappa shape index (κ2) is 6.72. The average Bonchev–Trinajstić information content (AvgIpc) is 2.70. The predicted molar refractivity (Wildman–Crippen MR) is 102 cm³/mol. The summed E-state index contributed by atoms with van der Waals surface area (Å²) < 4.78 is 27.0. The van der Waals surface area contributed by atoms with Gasteiger partial charge < -0.3 is 5.32 Å². The number of nitrogens with one attached hydrogen (secondary N) is 1. The van der Waals surface area contributed by atoms with Gasteiger partial charge in [0.05, 0.1) is 5.52 Å². The standard InChI is InChI=1S/C21H16F2N4/c1-12-15(13-5-8-17(22)18(23)10-13)6-7-16-19(12)26-20(27-21(16)24-2)14-4-3-9-25-11-14/h3-11H,1-2H3,(H,24,26,27). The minimum atomic E-state index is -0.873. The Kier molecular flexibility index (Phi) is 4.24. The first-order valence-electron chi connectivity index (χ1n) is 8.43. The van der Waals surface area contributed by atoms with Crippen molar-refractivity contribution in [3.05, 3.63) is 72.1 Å². The van der Waals surface area contributed by atoms with E-state index >= 15 is 0 Å². The van der Waals surface area contributed by atoms with Crippen LogP contribution in [0.3, 0.4) is 0 Å². The number of rotatable bonds is 3. The Labute approximate surface area is 154 Å². The molecule has 0 spiro atoms. The van der Waals surface area contributed by atoms with Gasteiger partial charge in [0.25, 0.3) is 0 Å². The maximum atomic E-state index is 13.7. The molecule has 4 rings (SSSR count). The molecule has 0 saturated heterocycles. The van der Waals surface area contributed by atoms with Gasteiger partial charge in [0.2, 0.25) is 0 Å². The highest BCUT2D eigenvalue weighted by molar-refractivity contribution is 5.96. The van der Waals surface area contributed by atoms with E-state index in [2.05, 4.69) is 15.3 Å². The minimum Gasteiger partial charge on any atom is -0.373 e. The molecule has 4 nitrogen and oxygen atoms in total. The van der Waals surface area contributed by atoms with Crippen LogP contribution in [-0.2, 0) is 0 Å². The monoisotopic (exact) mass is 362 g/mol. The van der Waals surface area contributed by atoms with Crippen LogP contribution < -0.4 is 5.32 Å². The van der Waals surface area contributed by atoms with Crippen molar-refractivity contribution in [1.82, 2.24) is 15.0 Å². The molecule has 0 aliphatic heterocycles. The molecule has 2 heterocycles. The number of halogens is 2. The SMILES string of the molecule is CNc1nc(-c2cccnc2)nc2c(C)c(-c3ccc(F)c(F)c3)ccc12. The molecule has 0 radical (unpaired) electrons. The van der Waals surface area contributed by atoms with Gasteiger partial charge in [0.15, 0.2) is 17.5 Å². The lowest BCUT2D eigenvalue weighted by molar-refractivity contribution is 0.509. The smallest absolute Gasteiger partial charge is 0.163 e. The molecule has 0 unspecified atom stereocenters. The van der Waals surface area contributed by atoms with Crippen LogP contribution in [0.4, 0.5) is 14.6 Å². The molecule has 4 aromatic rings. The third-order valence-electron chi connectivity index (χ3n) is 4.51. The van der Waals surface area contributed by atoms with E-state index in [4.69, 9.17) is 4.98 Å². The van der Waals surface area contributed by atoms with Crippen molar-refractivity contribution in [2.24, 2.45) is 0 Å². The number of pyridine rings is 1. The molecule has 0 fully saturated rings. The van der Waals surface area contributed by atoms with Crippen molar-refractivity contribution in [1.29, 1.82) is 0 Å². The highest BCUT2D eigenvalue weighted by Gasteiger charge is 2.14. The number of hydrogen-bond donors (Lipinski definition) is 1. The first-order chi connectivity index (χ1) is 13.1. The summed E-state index contributed by atoms with van der Waals surface area (Å²) in [6, 6.07) is 11.4. The third-order valence-corrected chi connectivity index (χ3v) is 4.51. The lowest BCUT2D eigenvalue weighted by atomic mass is 9.97. The molecule has 0 atom stereocenters. The maximum Gasteiger partial charge on any atom is 0.163 e. The summed E-state index contributed by atoms with van der Waals surface area (Å²) in [5, 5.41) is 3.96. The number of anilines is 1. The van der Waals surface area contributed by atoms with Crippen molar-refractivity contribution in [3.8, 4) is 22.5 Å². The summed E-state index contributed by atoms with van der Waals surface area (Å²) in [6.45, 7) is 1.92. The molecule has 1 N–H and O–H groups in total. The van der Waals surface area contributed by atoms with Crippen LogP contribution in [0.1, 0.15) is 5.56 Å². The summed E-state index contributed by atoms with van der Waals surface area (Å²) in [7, 11) is 1.80. The quantitative estimate of drug-likeness (QED) is 0.558. The molecular formula is C21H16F2N4. The summed E-state index contributed by atoms with van der Waals surface area (Å²) in [5.74, 6) is -0.498. The molecule has 0 bridgehead atoms. The zero-order valence-electron chi connectivity index (χ0n) is 14.8. The van der Waals surface area contributed by atoms with Gasteiger partial charge in [0.1, 0.15) is 5.82 Å². The van der Waals surface area contributed by atoms with Crippen LogP contribution >= 0.6 is 0 Å². The highest BCUT2D eigenvalue weighted by Crippen LogP contribution is 2.33. The molecule has 0 aliphatic rings. The lowest BCUT2D eigenvalue weighted by Gasteiger charge is -2.13. The van der Waals surface area contributed by atoms with Gasteiger partial charge in [-0.1, -0.05) is 12.1 Å². The number of nitrogens with zero attached hydrogens (tertiary/aromatic N) is 3. The third kappa shape index (κ3) is 2.99. The van der Waals surface area contributed by atoms with E-state index in [1.54, 1.807) is 25.5 Å². The number of hydrogen-bond acceptors (Lipinski definition) is 4. The van der Waals surface area contributed by atoms with Crippen LogP contribution in [0.25, 0.3) is 33.4 Å². The number of aryl methyl sites for hydroxylation is 1. The summed E-state index contributed by atoms with van der Waals surface area (Å²) in [5.41, 5.74) is 3.80. The Bertz CT molecular complexity index is 1140. The van der Waals surface area contributed by atoms with E-state index in [1.807, 2.05) is 31.2 Å². The molecule has 6 heteroatoms. The number of fused-ring (bicyclic) bond motifs is 1. The normalized spacial score (nSPS) is 11.0. The van der Waals surface area contributed by atoms with Crippen LogP contribution in [0.2, 0.25) is 0 Å². The van der Waals surface area contributed by atoms with Crippen molar-refractivity contribution in [2.45, 2.75) is 6.92 Å². The van der Waals surface area contributed by atoms with E-state index in [-0.39, 0.29) is 0 Å².